The molecule has 0 spiro atoms. The molecule has 6 heterocycles. The van der Waals surface area contributed by atoms with Gasteiger partial charge >= 0.3 is 0 Å². The SMILES string of the molecule is CC1CCCC(c2ncnc3c2ncn3C2OC(CO)[C@@H](O)[C@H]2O[PH](=O)S)CCCCCC1c1ncnc2c1ncn2[C@@H]1O[C@H](CO)[C@@H](O)[C@H]1O[PH](=O)S. The van der Waals surface area contributed by atoms with Crippen molar-refractivity contribution >= 4 is 61.3 Å². The Morgan fingerprint density at radius 3 is 1.76 bits per heavy atom. The third kappa shape index (κ3) is 8.04. The molecule has 296 valence electrons. The van der Waals surface area contributed by atoms with Crippen LogP contribution in [-0.4, -0.2) is 109 Å². The number of aliphatic hydroxyl groups is 4. The van der Waals surface area contributed by atoms with Crippen LogP contribution in [0.25, 0.3) is 22.3 Å². The molecule has 54 heavy (non-hydrogen) atoms. The number of fused-ring (bicyclic) bond motifs is 2. The molecule has 7 rings (SSSR count). The van der Waals surface area contributed by atoms with Gasteiger partial charge in [0.25, 0.3) is 0 Å². The van der Waals surface area contributed by atoms with Gasteiger partial charge in [-0.05, 0) is 25.2 Å². The van der Waals surface area contributed by atoms with Gasteiger partial charge in [-0.1, -0.05) is 63.5 Å². The Hall–Kier alpha value is -2.06. The lowest BCUT2D eigenvalue weighted by atomic mass is 9.82. The molecule has 2 saturated heterocycles. The van der Waals surface area contributed by atoms with E-state index < -0.39 is 76.8 Å². The van der Waals surface area contributed by atoms with Gasteiger partial charge < -0.3 is 38.9 Å². The molecule has 4 aromatic rings. The van der Waals surface area contributed by atoms with E-state index in [2.05, 4.69) is 46.4 Å². The zero-order valence-corrected chi connectivity index (χ0v) is 33.2. The minimum atomic E-state index is -2.74. The van der Waals surface area contributed by atoms with E-state index in [0.29, 0.717) is 22.3 Å². The molecular weight excluding hydrogens is 782 g/mol. The first-order valence-electron chi connectivity index (χ1n) is 18.1. The van der Waals surface area contributed by atoms with Crippen molar-refractivity contribution in [2.45, 2.75) is 119 Å². The number of rotatable bonds is 10. The third-order valence-corrected chi connectivity index (χ3v) is 12.6. The largest absolute Gasteiger partial charge is 0.394 e. The van der Waals surface area contributed by atoms with Crippen molar-refractivity contribution in [2.75, 3.05) is 13.2 Å². The number of hydrogen-bond acceptors (Lipinski definition) is 16. The molecule has 13 atom stereocenters. The molecule has 0 amide bonds. The first-order valence-corrected chi connectivity index (χ1v) is 23.3. The summed E-state index contributed by atoms with van der Waals surface area (Å²) >= 11 is 7.80. The van der Waals surface area contributed by atoms with E-state index in [1.807, 2.05) is 0 Å². The Kier molecular flexibility index (Phi) is 13.1. The smallest absolute Gasteiger partial charge is 0.243 e. The van der Waals surface area contributed by atoms with Gasteiger partial charge in [-0.25, -0.2) is 29.9 Å². The van der Waals surface area contributed by atoms with Gasteiger partial charge in [-0.2, -0.15) is 0 Å². The van der Waals surface area contributed by atoms with Gasteiger partial charge in [0, 0.05) is 11.8 Å². The lowest BCUT2D eigenvalue weighted by Gasteiger charge is -2.24. The van der Waals surface area contributed by atoms with E-state index in [0.717, 1.165) is 62.8 Å². The van der Waals surface area contributed by atoms with Crippen LogP contribution in [0, 0.1) is 5.92 Å². The van der Waals surface area contributed by atoms with Crippen LogP contribution < -0.4 is 0 Å². The summed E-state index contributed by atoms with van der Waals surface area (Å²) in [7, 11) is -5.48. The highest BCUT2D eigenvalue weighted by atomic mass is 32.7. The maximum absolute atomic E-state index is 11.9. The van der Waals surface area contributed by atoms with E-state index >= 15 is 0 Å². The summed E-state index contributed by atoms with van der Waals surface area (Å²) in [5, 5.41) is 41.0. The van der Waals surface area contributed by atoms with Crippen LogP contribution in [0.15, 0.2) is 25.3 Å². The number of ether oxygens (including phenoxy) is 2. The molecule has 4 aromatic heterocycles. The maximum atomic E-state index is 11.9. The Morgan fingerprint density at radius 1 is 0.722 bits per heavy atom. The average molecular weight is 829 g/mol. The highest BCUT2D eigenvalue weighted by molar-refractivity contribution is 8.39. The van der Waals surface area contributed by atoms with Crippen molar-refractivity contribution in [3.63, 3.8) is 0 Å². The highest BCUT2D eigenvalue weighted by Crippen LogP contribution is 2.44. The molecule has 3 aliphatic rings. The van der Waals surface area contributed by atoms with Crippen LogP contribution >= 0.6 is 39.0 Å². The third-order valence-electron chi connectivity index (χ3n) is 11.0. The second-order valence-electron chi connectivity index (χ2n) is 14.2. The van der Waals surface area contributed by atoms with Gasteiger partial charge in [-0.15, -0.1) is 0 Å². The van der Waals surface area contributed by atoms with E-state index in [-0.39, 0.29) is 17.8 Å². The molecule has 0 bridgehead atoms. The van der Waals surface area contributed by atoms with Gasteiger partial charge in [0.2, 0.25) is 14.5 Å². The van der Waals surface area contributed by atoms with Crippen LogP contribution in [0.5, 0.6) is 0 Å². The van der Waals surface area contributed by atoms with Crippen molar-refractivity contribution in [1.29, 1.82) is 0 Å². The summed E-state index contributed by atoms with van der Waals surface area (Å²) < 4.78 is 49.9. The topological polar surface area (TPSA) is 239 Å². The second kappa shape index (κ2) is 17.6. The molecule has 1 saturated carbocycles. The van der Waals surface area contributed by atoms with Crippen LogP contribution in [0.3, 0.4) is 0 Å². The molecule has 0 aromatic carbocycles. The van der Waals surface area contributed by atoms with Crippen molar-refractivity contribution in [3.8, 4) is 0 Å². The summed E-state index contributed by atoms with van der Waals surface area (Å²) in [4.78, 5) is 27.9. The van der Waals surface area contributed by atoms with Crippen LogP contribution in [-0.2, 0) is 27.7 Å². The van der Waals surface area contributed by atoms with E-state index in [1.54, 1.807) is 21.8 Å². The molecule has 0 radical (unpaired) electrons. The number of aromatic nitrogens is 8. The number of thiol groups is 2. The Bertz CT molecular complexity index is 1960. The molecular formula is C32H46N8O10P2S2. The highest BCUT2D eigenvalue weighted by Gasteiger charge is 2.48. The maximum Gasteiger partial charge on any atom is 0.243 e. The summed E-state index contributed by atoms with van der Waals surface area (Å²) in [6.07, 6.45) is 5.24. The van der Waals surface area contributed by atoms with Crippen molar-refractivity contribution in [2.24, 2.45) is 5.92 Å². The molecule has 2 aliphatic heterocycles. The zero-order chi connectivity index (χ0) is 38.1. The van der Waals surface area contributed by atoms with Crippen molar-refractivity contribution in [1.82, 2.24) is 39.0 Å². The van der Waals surface area contributed by atoms with Crippen LogP contribution in [0.4, 0.5) is 0 Å². The zero-order valence-electron chi connectivity index (χ0n) is 29.4. The molecule has 1 aliphatic carbocycles. The van der Waals surface area contributed by atoms with Crippen LogP contribution in [0.2, 0.25) is 0 Å². The van der Waals surface area contributed by atoms with Gasteiger partial charge in [0.15, 0.2) is 23.8 Å². The lowest BCUT2D eigenvalue weighted by Crippen LogP contribution is -2.34. The Balaban J connectivity index is 1.10. The quantitative estimate of drug-likeness (QED) is 0.0991. The number of nitrogens with zero attached hydrogens (tertiary/aromatic N) is 8. The normalized spacial score (nSPS) is 33.9. The van der Waals surface area contributed by atoms with Gasteiger partial charge in [-0.3, -0.25) is 18.3 Å². The standard InChI is InChI=1S/C32H46N8O10P2S2/c1-16-6-5-8-17(21-23-29(35-12-33-21)39(14-37-23)31-27(49-51(45)53)25(43)19(10-41)47-31)7-3-2-4-9-18(16)22-24-30(36-13-34-22)40(15-38-24)32-28(50-52(46)54)26(44)20(11-42)48-32/h12-20,25-28,31-32,41-44,51-52H,2-11H2,1H3,(H,45,53)(H,46,54)/t16?,17?,18?,19?,20-,25-,26-,27-,28-,31?,32-/m1/s1. The van der Waals surface area contributed by atoms with Crippen LogP contribution in [0.1, 0.15) is 94.0 Å². The van der Waals surface area contributed by atoms with E-state index in [4.69, 9.17) is 33.5 Å². The van der Waals surface area contributed by atoms with Gasteiger partial charge in [0.05, 0.1) is 37.3 Å². The minimum Gasteiger partial charge on any atom is -0.394 e. The van der Waals surface area contributed by atoms with Crippen molar-refractivity contribution in [3.05, 3.63) is 36.7 Å². The lowest BCUT2D eigenvalue weighted by molar-refractivity contribution is -0.0481. The number of imidazole rings is 2. The number of aliphatic hydroxyl groups excluding tert-OH is 4. The molecule has 7 unspecified atom stereocenters. The minimum absolute atomic E-state index is 0.0889. The predicted molar refractivity (Wildman–Crippen MR) is 202 cm³/mol. The second-order valence-corrected chi connectivity index (χ2v) is 17.9. The Labute approximate surface area is 322 Å². The first-order chi connectivity index (χ1) is 26.1. The Morgan fingerprint density at radius 2 is 1.22 bits per heavy atom. The fourth-order valence-corrected chi connectivity index (χ4v) is 9.99. The summed E-state index contributed by atoms with van der Waals surface area (Å²) in [6, 6.07) is 0. The summed E-state index contributed by atoms with van der Waals surface area (Å²) in [5.74, 6) is 0.441. The van der Waals surface area contributed by atoms with Gasteiger partial charge in [0.1, 0.15) is 60.3 Å². The molecule has 3 fully saturated rings. The molecule has 22 heteroatoms. The molecule has 18 nitrogen and oxygen atoms in total. The average Bonchev–Trinajstić information content (AvgIpc) is 3.92. The predicted octanol–water partition coefficient (Wildman–Crippen LogP) is 3.51. The molecule has 4 N–H and O–H groups in total. The van der Waals surface area contributed by atoms with E-state index in [9.17, 15) is 29.6 Å². The fourth-order valence-electron chi connectivity index (χ4n) is 8.28. The summed E-state index contributed by atoms with van der Waals surface area (Å²) in [5.41, 5.74) is 3.86. The fraction of sp³-hybridized carbons (Fsp3) is 0.688. The summed E-state index contributed by atoms with van der Waals surface area (Å²) in [6.45, 7) is 1.33. The van der Waals surface area contributed by atoms with Crippen molar-refractivity contribution < 1.29 is 48.1 Å². The van der Waals surface area contributed by atoms with E-state index in [1.165, 1.54) is 12.7 Å². The monoisotopic (exact) mass is 828 g/mol. The number of hydrogen-bond donors (Lipinski definition) is 6. The first kappa shape index (κ1) is 40.1.